The standard InChI is InChI=1S/C17H20ClNO/c1-3-19-11-15-10-16(18)7-8-17(15)20-12-14-6-4-5-13(2)9-14/h4-10,19H,3,11-12H2,1-2H3. The van der Waals surface area contributed by atoms with E-state index >= 15 is 0 Å². The Morgan fingerprint density at radius 2 is 2.00 bits per heavy atom. The molecule has 0 amide bonds. The monoisotopic (exact) mass is 289 g/mol. The highest BCUT2D eigenvalue weighted by Gasteiger charge is 2.05. The number of aryl methyl sites for hydroxylation is 1. The van der Waals surface area contributed by atoms with Crippen molar-refractivity contribution in [2.24, 2.45) is 0 Å². The molecule has 1 N–H and O–H groups in total. The third-order valence-corrected chi connectivity index (χ3v) is 3.30. The number of nitrogens with one attached hydrogen (secondary N) is 1. The van der Waals surface area contributed by atoms with E-state index in [9.17, 15) is 0 Å². The lowest BCUT2D eigenvalue weighted by Gasteiger charge is -2.12. The van der Waals surface area contributed by atoms with Gasteiger partial charge in [-0.1, -0.05) is 48.4 Å². The van der Waals surface area contributed by atoms with Crippen molar-refractivity contribution in [1.82, 2.24) is 5.32 Å². The molecule has 0 saturated heterocycles. The molecule has 0 aliphatic carbocycles. The van der Waals surface area contributed by atoms with Crippen LogP contribution >= 0.6 is 11.6 Å². The van der Waals surface area contributed by atoms with Gasteiger partial charge in [0, 0.05) is 17.1 Å². The lowest BCUT2D eigenvalue weighted by atomic mass is 10.1. The molecule has 0 unspecified atom stereocenters. The molecule has 2 aromatic carbocycles. The summed E-state index contributed by atoms with van der Waals surface area (Å²) in [6.45, 7) is 6.42. The molecule has 0 atom stereocenters. The summed E-state index contributed by atoms with van der Waals surface area (Å²) in [4.78, 5) is 0. The fraction of sp³-hybridized carbons (Fsp3) is 0.294. The van der Waals surface area contributed by atoms with Crippen LogP contribution in [0.5, 0.6) is 5.75 Å². The highest BCUT2D eigenvalue weighted by molar-refractivity contribution is 6.30. The Hall–Kier alpha value is -1.51. The van der Waals surface area contributed by atoms with Gasteiger partial charge in [-0.2, -0.15) is 0 Å². The van der Waals surface area contributed by atoms with Crippen molar-refractivity contribution in [3.8, 4) is 5.75 Å². The van der Waals surface area contributed by atoms with Gasteiger partial charge in [-0.25, -0.2) is 0 Å². The lowest BCUT2D eigenvalue weighted by molar-refractivity contribution is 0.302. The van der Waals surface area contributed by atoms with Crippen LogP contribution in [0.15, 0.2) is 42.5 Å². The summed E-state index contributed by atoms with van der Waals surface area (Å²) in [5.41, 5.74) is 3.51. The van der Waals surface area contributed by atoms with Gasteiger partial charge in [0.15, 0.2) is 0 Å². The van der Waals surface area contributed by atoms with Gasteiger partial charge in [0.25, 0.3) is 0 Å². The van der Waals surface area contributed by atoms with E-state index in [2.05, 4.69) is 43.4 Å². The molecule has 2 aromatic rings. The van der Waals surface area contributed by atoms with E-state index in [-0.39, 0.29) is 0 Å². The molecule has 2 nitrogen and oxygen atoms in total. The topological polar surface area (TPSA) is 21.3 Å². The summed E-state index contributed by atoms with van der Waals surface area (Å²) >= 11 is 6.05. The Morgan fingerprint density at radius 1 is 1.15 bits per heavy atom. The van der Waals surface area contributed by atoms with Crippen molar-refractivity contribution in [1.29, 1.82) is 0 Å². The summed E-state index contributed by atoms with van der Waals surface area (Å²) in [5, 5.41) is 4.04. The fourth-order valence-corrected chi connectivity index (χ4v) is 2.24. The normalized spacial score (nSPS) is 10.6. The first-order valence-corrected chi connectivity index (χ1v) is 7.24. The van der Waals surface area contributed by atoms with E-state index < -0.39 is 0 Å². The molecule has 106 valence electrons. The quantitative estimate of drug-likeness (QED) is 0.854. The molecule has 20 heavy (non-hydrogen) atoms. The van der Waals surface area contributed by atoms with Crippen molar-refractivity contribution in [3.63, 3.8) is 0 Å². The van der Waals surface area contributed by atoms with Crippen molar-refractivity contribution in [2.45, 2.75) is 27.0 Å². The lowest BCUT2D eigenvalue weighted by Crippen LogP contribution is -2.13. The number of benzene rings is 2. The zero-order valence-electron chi connectivity index (χ0n) is 11.9. The van der Waals surface area contributed by atoms with Crippen LogP contribution in [0, 0.1) is 6.92 Å². The molecule has 0 spiro atoms. The molecule has 3 heteroatoms. The number of hydrogen-bond donors (Lipinski definition) is 1. The maximum Gasteiger partial charge on any atom is 0.124 e. The molecule has 0 aromatic heterocycles. The Labute approximate surface area is 125 Å². The second kappa shape index (κ2) is 7.32. The van der Waals surface area contributed by atoms with Crippen molar-refractivity contribution in [2.75, 3.05) is 6.54 Å². The second-order valence-corrected chi connectivity index (χ2v) is 5.25. The van der Waals surface area contributed by atoms with Crippen molar-refractivity contribution >= 4 is 11.6 Å². The van der Waals surface area contributed by atoms with Gasteiger partial charge in [-0.3, -0.25) is 0 Å². The molecule has 2 rings (SSSR count). The van der Waals surface area contributed by atoms with Crippen LogP contribution in [-0.4, -0.2) is 6.54 Å². The molecular formula is C17H20ClNO. The molecule has 0 radical (unpaired) electrons. The van der Waals surface area contributed by atoms with Crippen LogP contribution in [0.25, 0.3) is 0 Å². The summed E-state index contributed by atoms with van der Waals surface area (Å²) < 4.78 is 5.93. The third kappa shape index (κ3) is 4.26. The molecule has 0 aliphatic rings. The van der Waals surface area contributed by atoms with Gasteiger partial charge in [-0.15, -0.1) is 0 Å². The van der Waals surface area contributed by atoms with Crippen LogP contribution in [0.3, 0.4) is 0 Å². The van der Waals surface area contributed by atoms with Gasteiger partial charge in [0.2, 0.25) is 0 Å². The molecular weight excluding hydrogens is 270 g/mol. The summed E-state index contributed by atoms with van der Waals surface area (Å²) in [7, 11) is 0. The van der Waals surface area contributed by atoms with E-state index in [1.54, 1.807) is 0 Å². The predicted molar refractivity (Wildman–Crippen MR) is 84.3 cm³/mol. The fourth-order valence-electron chi connectivity index (χ4n) is 2.05. The number of halogens is 1. The van der Waals surface area contributed by atoms with E-state index in [0.29, 0.717) is 6.61 Å². The van der Waals surface area contributed by atoms with Crippen LogP contribution in [0.1, 0.15) is 23.6 Å². The largest absolute Gasteiger partial charge is 0.489 e. The molecule has 0 aliphatic heterocycles. The predicted octanol–water partition coefficient (Wildman–Crippen LogP) is 4.34. The molecule has 0 heterocycles. The van der Waals surface area contributed by atoms with E-state index in [1.807, 2.05) is 18.2 Å². The first-order chi connectivity index (χ1) is 9.69. The van der Waals surface area contributed by atoms with Crippen LogP contribution in [-0.2, 0) is 13.2 Å². The maximum atomic E-state index is 6.05. The minimum Gasteiger partial charge on any atom is -0.489 e. The average Bonchev–Trinajstić information content (AvgIpc) is 2.44. The summed E-state index contributed by atoms with van der Waals surface area (Å²) in [6, 6.07) is 14.1. The second-order valence-electron chi connectivity index (χ2n) is 4.81. The van der Waals surface area contributed by atoms with Gasteiger partial charge in [-0.05, 0) is 37.2 Å². The zero-order chi connectivity index (χ0) is 14.4. The van der Waals surface area contributed by atoms with Gasteiger partial charge >= 0.3 is 0 Å². The Morgan fingerprint density at radius 3 is 2.75 bits per heavy atom. The average molecular weight is 290 g/mol. The molecule has 0 saturated carbocycles. The highest BCUT2D eigenvalue weighted by Crippen LogP contribution is 2.24. The van der Waals surface area contributed by atoms with Crippen LogP contribution < -0.4 is 10.1 Å². The summed E-state index contributed by atoms with van der Waals surface area (Å²) in [6.07, 6.45) is 0. The van der Waals surface area contributed by atoms with Gasteiger partial charge < -0.3 is 10.1 Å². The zero-order valence-corrected chi connectivity index (χ0v) is 12.7. The van der Waals surface area contributed by atoms with E-state index in [1.165, 1.54) is 11.1 Å². The first kappa shape index (κ1) is 14.9. The Balaban J connectivity index is 2.08. The number of hydrogen-bond acceptors (Lipinski definition) is 2. The SMILES string of the molecule is CCNCc1cc(Cl)ccc1OCc1cccc(C)c1. The highest BCUT2D eigenvalue weighted by atomic mass is 35.5. The Bertz CT molecular complexity index is 569. The first-order valence-electron chi connectivity index (χ1n) is 6.86. The number of ether oxygens (including phenoxy) is 1. The van der Waals surface area contributed by atoms with E-state index in [0.717, 1.165) is 29.4 Å². The Kier molecular flexibility index (Phi) is 5.45. The maximum absolute atomic E-state index is 6.05. The van der Waals surface area contributed by atoms with Gasteiger partial charge in [0.1, 0.15) is 12.4 Å². The number of rotatable bonds is 6. The summed E-state index contributed by atoms with van der Waals surface area (Å²) in [5.74, 6) is 0.886. The smallest absolute Gasteiger partial charge is 0.124 e. The van der Waals surface area contributed by atoms with Gasteiger partial charge in [0.05, 0.1) is 0 Å². The minimum atomic E-state index is 0.572. The van der Waals surface area contributed by atoms with E-state index in [4.69, 9.17) is 16.3 Å². The van der Waals surface area contributed by atoms with Crippen molar-refractivity contribution in [3.05, 3.63) is 64.2 Å². The molecule has 0 bridgehead atoms. The van der Waals surface area contributed by atoms with Crippen LogP contribution in [0.2, 0.25) is 5.02 Å². The van der Waals surface area contributed by atoms with Crippen LogP contribution in [0.4, 0.5) is 0 Å². The van der Waals surface area contributed by atoms with Crippen molar-refractivity contribution < 1.29 is 4.74 Å². The molecule has 0 fully saturated rings. The third-order valence-electron chi connectivity index (χ3n) is 3.06. The minimum absolute atomic E-state index is 0.572.